The molecule has 6 nitrogen and oxygen atoms in total. The summed E-state index contributed by atoms with van der Waals surface area (Å²) in [5, 5.41) is 14.1. The van der Waals surface area contributed by atoms with Gasteiger partial charge in [-0.1, -0.05) is 11.6 Å². The van der Waals surface area contributed by atoms with Crippen LogP contribution in [0.4, 0.5) is 5.82 Å². The number of aromatic nitrogens is 4. The third-order valence-corrected chi connectivity index (χ3v) is 2.02. The van der Waals surface area contributed by atoms with Crippen molar-refractivity contribution in [2.24, 2.45) is 7.05 Å². The fourth-order valence-corrected chi connectivity index (χ4v) is 1.20. The molecular formula is C9H8ClN5O. The fourth-order valence-electron chi connectivity index (χ4n) is 1.10. The van der Waals surface area contributed by atoms with Gasteiger partial charge in [0.1, 0.15) is 0 Å². The maximum atomic E-state index is 11.6. The van der Waals surface area contributed by atoms with Gasteiger partial charge in [-0.05, 0) is 12.1 Å². The number of carbonyl (C=O) groups excluding carboxylic acids is 1. The molecule has 82 valence electrons. The fraction of sp³-hybridized carbons (Fsp3) is 0.111. The van der Waals surface area contributed by atoms with Gasteiger partial charge in [-0.2, -0.15) is 5.10 Å². The van der Waals surface area contributed by atoms with Gasteiger partial charge in [0, 0.05) is 19.3 Å². The molecule has 0 aromatic carbocycles. The zero-order valence-corrected chi connectivity index (χ0v) is 9.14. The first kappa shape index (κ1) is 10.6. The van der Waals surface area contributed by atoms with E-state index >= 15 is 0 Å². The summed E-state index contributed by atoms with van der Waals surface area (Å²) in [6.45, 7) is 0. The largest absolute Gasteiger partial charge is 0.304 e. The van der Waals surface area contributed by atoms with Crippen molar-refractivity contribution in [3.63, 3.8) is 0 Å². The number of halogens is 1. The smallest absolute Gasteiger partial charge is 0.277 e. The lowest BCUT2D eigenvalue weighted by atomic mass is 10.3. The van der Waals surface area contributed by atoms with Gasteiger partial charge < -0.3 is 5.32 Å². The van der Waals surface area contributed by atoms with E-state index in [4.69, 9.17) is 11.6 Å². The molecule has 0 atom stereocenters. The predicted molar refractivity (Wildman–Crippen MR) is 58.2 cm³/mol. The van der Waals surface area contributed by atoms with Gasteiger partial charge in [-0.15, -0.1) is 10.2 Å². The number of anilines is 1. The first-order chi connectivity index (χ1) is 7.65. The van der Waals surface area contributed by atoms with Crippen LogP contribution in [0.25, 0.3) is 0 Å². The molecule has 0 saturated heterocycles. The zero-order valence-electron chi connectivity index (χ0n) is 8.38. The van der Waals surface area contributed by atoms with Gasteiger partial charge in [0.15, 0.2) is 16.7 Å². The van der Waals surface area contributed by atoms with E-state index in [-0.39, 0.29) is 16.8 Å². The number of hydrogen-bond acceptors (Lipinski definition) is 4. The molecule has 2 rings (SSSR count). The van der Waals surface area contributed by atoms with E-state index in [0.29, 0.717) is 5.82 Å². The Kier molecular flexibility index (Phi) is 2.82. The Morgan fingerprint density at radius 2 is 2.19 bits per heavy atom. The molecule has 0 aliphatic heterocycles. The van der Waals surface area contributed by atoms with Crippen LogP contribution in [0.15, 0.2) is 24.4 Å². The van der Waals surface area contributed by atoms with Crippen molar-refractivity contribution < 1.29 is 4.79 Å². The average molecular weight is 238 g/mol. The zero-order chi connectivity index (χ0) is 11.5. The number of rotatable bonds is 2. The van der Waals surface area contributed by atoms with Crippen LogP contribution in [0.3, 0.4) is 0 Å². The summed E-state index contributed by atoms with van der Waals surface area (Å²) in [4.78, 5) is 11.6. The molecule has 0 fully saturated rings. The predicted octanol–water partition coefficient (Wildman–Crippen LogP) is 1.12. The lowest BCUT2D eigenvalue weighted by Gasteiger charge is -1.99. The van der Waals surface area contributed by atoms with Crippen molar-refractivity contribution in [1.29, 1.82) is 0 Å². The number of carbonyl (C=O) groups is 1. The second-order valence-corrected chi connectivity index (χ2v) is 3.46. The van der Waals surface area contributed by atoms with E-state index in [9.17, 15) is 4.79 Å². The number of amides is 1. The van der Waals surface area contributed by atoms with Crippen LogP contribution in [0.2, 0.25) is 5.15 Å². The monoisotopic (exact) mass is 237 g/mol. The van der Waals surface area contributed by atoms with E-state index in [1.54, 1.807) is 24.0 Å². The Balaban J connectivity index is 2.11. The normalized spacial score (nSPS) is 10.1. The highest BCUT2D eigenvalue weighted by Gasteiger charge is 2.09. The quantitative estimate of drug-likeness (QED) is 0.849. The van der Waals surface area contributed by atoms with Crippen molar-refractivity contribution in [2.45, 2.75) is 0 Å². The SMILES string of the molecule is Cn1ccc(NC(=O)c2ccc(Cl)nn2)n1. The number of aryl methyl sites for hydroxylation is 1. The lowest BCUT2D eigenvalue weighted by molar-refractivity contribution is 0.102. The van der Waals surface area contributed by atoms with Crippen LogP contribution in [0.5, 0.6) is 0 Å². The first-order valence-corrected chi connectivity index (χ1v) is 4.83. The van der Waals surface area contributed by atoms with Crippen LogP contribution >= 0.6 is 11.6 Å². The van der Waals surface area contributed by atoms with Crippen molar-refractivity contribution in [3.8, 4) is 0 Å². The highest BCUT2D eigenvalue weighted by molar-refractivity contribution is 6.29. The van der Waals surface area contributed by atoms with E-state index in [2.05, 4.69) is 20.6 Å². The van der Waals surface area contributed by atoms with Gasteiger partial charge in [0.25, 0.3) is 5.91 Å². The summed E-state index contributed by atoms with van der Waals surface area (Å²) < 4.78 is 1.59. The van der Waals surface area contributed by atoms with Gasteiger partial charge in [-0.3, -0.25) is 9.48 Å². The molecule has 0 radical (unpaired) electrons. The summed E-state index contributed by atoms with van der Waals surface area (Å²) >= 11 is 5.56. The Morgan fingerprint density at radius 1 is 1.38 bits per heavy atom. The van der Waals surface area contributed by atoms with Crippen molar-refractivity contribution in [3.05, 3.63) is 35.2 Å². The Labute approximate surface area is 96.2 Å². The standard InChI is InChI=1S/C9H8ClN5O/c1-15-5-4-8(14-15)11-9(16)6-2-3-7(10)13-12-6/h2-5H,1H3,(H,11,14,16). The molecule has 1 N–H and O–H groups in total. The van der Waals surface area contributed by atoms with Crippen molar-refractivity contribution in [2.75, 3.05) is 5.32 Å². The van der Waals surface area contributed by atoms with Crippen LogP contribution in [0.1, 0.15) is 10.5 Å². The van der Waals surface area contributed by atoms with Crippen LogP contribution in [-0.2, 0) is 7.05 Å². The molecule has 0 unspecified atom stereocenters. The third kappa shape index (κ3) is 2.34. The van der Waals surface area contributed by atoms with Crippen molar-refractivity contribution in [1.82, 2.24) is 20.0 Å². The molecule has 0 aliphatic rings. The Bertz CT molecular complexity index is 507. The maximum absolute atomic E-state index is 11.6. The number of nitrogens with one attached hydrogen (secondary N) is 1. The van der Waals surface area contributed by atoms with E-state index < -0.39 is 0 Å². The highest BCUT2D eigenvalue weighted by Crippen LogP contribution is 2.06. The molecule has 0 spiro atoms. The van der Waals surface area contributed by atoms with E-state index in [1.165, 1.54) is 12.1 Å². The van der Waals surface area contributed by atoms with Crippen LogP contribution in [-0.4, -0.2) is 25.9 Å². The summed E-state index contributed by atoms with van der Waals surface area (Å²) in [7, 11) is 1.76. The molecule has 0 saturated carbocycles. The molecule has 7 heteroatoms. The van der Waals surface area contributed by atoms with Crippen LogP contribution < -0.4 is 5.32 Å². The van der Waals surface area contributed by atoms with Crippen LogP contribution in [0, 0.1) is 0 Å². The topological polar surface area (TPSA) is 72.7 Å². The highest BCUT2D eigenvalue weighted by atomic mass is 35.5. The second-order valence-electron chi connectivity index (χ2n) is 3.07. The summed E-state index contributed by atoms with van der Waals surface area (Å²) in [6.07, 6.45) is 1.73. The molecule has 2 aromatic rings. The molecule has 2 aromatic heterocycles. The summed E-state index contributed by atoms with van der Waals surface area (Å²) in [5.74, 6) is 0.0899. The van der Waals surface area contributed by atoms with Gasteiger partial charge >= 0.3 is 0 Å². The van der Waals surface area contributed by atoms with E-state index in [1.807, 2.05) is 0 Å². The van der Waals surface area contributed by atoms with Gasteiger partial charge in [0.2, 0.25) is 0 Å². The molecular weight excluding hydrogens is 230 g/mol. The molecule has 0 bridgehead atoms. The number of hydrogen-bond donors (Lipinski definition) is 1. The van der Waals surface area contributed by atoms with E-state index in [0.717, 1.165) is 0 Å². The lowest BCUT2D eigenvalue weighted by Crippen LogP contribution is -2.14. The molecule has 0 aliphatic carbocycles. The average Bonchev–Trinajstić information content (AvgIpc) is 2.65. The molecule has 2 heterocycles. The minimum atomic E-state index is -0.372. The minimum Gasteiger partial charge on any atom is -0.304 e. The van der Waals surface area contributed by atoms with Crippen molar-refractivity contribution >= 4 is 23.3 Å². The Morgan fingerprint density at radius 3 is 2.75 bits per heavy atom. The van der Waals surface area contributed by atoms with Gasteiger partial charge in [0.05, 0.1) is 0 Å². The van der Waals surface area contributed by atoms with Gasteiger partial charge in [-0.25, -0.2) is 0 Å². The maximum Gasteiger partial charge on any atom is 0.277 e. The summed E-state index contributed by atoms with van der Waals surface area (Å²) in [6, 6.07) is 4.68. The first-order valence-electron chi connectivity index (χ1n) is 4.45. The minimum absolute atomic E-state index is 0.190. The second kappa shape index (κ2) is 4.28. The molecule has 16 heavy (non-hydrogen) atoms. The summed E-state index contributed by atoms with van der Waals surface area (Å²) in [5.41, 5.74) is 0.190. The third-order valence-electron chi connectivity index (χ3n) is 1.82. The Hall–Kier alpha value is -1.95. The molecule has 1 amide bonds. The number of nitrogens with zero attached hydrogens (tertiary/aromatic N) is 4.